The van der Waals surface area contributed by atoms with E-state index >= 15 is 0 Å². The van der Waals surface area contributed by atoms with Crippen LogP contribution in [0.4, 0.5) is 4.79 Å². The van der Waals surface area contributed by atoms with Crippen LogP contribution in [0.1, 0.15) is 25.5 Å². The summed E-state index contributed by atoms with van der Waals surface area (Å²) in [5.74, 6) is 0. The molecule has 23 heavy (non-hydrogen) atoms. The molecule has 2 amide bonds. The second kappa shape index (κ2) is 6.89. The number of carbonyl (C=O) groups excluding carboxylic acids is 1. The van der Waals surface area contributed by atoms with Gasteiger partial charge >= 0.3 is 6.03 Å². The Morgan fingerprint density at radius 3 is 2.35 bits per heavy atom. The van der Waals surface area contributed by atoms with Crippen LogP contribution in [0.3, 0.4) is 0 Å². The van der Waals surface area contributed by atoms with Gasteiger partial charge in [0.05, 0.1) is 12.7 Å². The van der Waals surface area contributed by atoms with E-state index < -0.39 is 0 Å². The first kappa shape index (κ1) is 16.3. The highest BCUT2D eigenvalue weighted by molar-refractivity contribution is 5.75. The van der Waals surface area contributed by atoms with Gasteiger partial charge in [0.15, 0.2) is 0 Å². The molecule has 3 rings (SSSR count). The monoisotopic (exact) mass is 316 g/mol. The smallest absolute Gasteiger partial charge is 0.321 e. The van der Waals surface area contributed by atoms with Crippen molar-refractivity contribution in [2.45, 2.75) is 25.9 Å². The van der Waals surface area contributed by atoms with Crippen LogP contribution in [0.5, 0.6) is 0 Å². The van der Waals surface area contributed by atoms with Crippen LogP contribution in [0.15, 0.2) is 30.3 Å². The number of carbonyl (C=O) groups is 1. The molecule has 1 aromatic rings. The summed E-state index contributed by atoms with van der Waals surface area (Å²) in [7, 11) is 2.08. The number of nitrogens with zero attached hydrogens (tertiary/aromatic N) is 4. The second-order valence-corrected chi connectivity index (χ2v) is 6.98. The Balaban J connectivity index is 1.68. The number of hydrogen-bond acceptors (Lipinski definition) is 3. The van der Waals surface area contributed by atoms with Gasteiger partial charge in [0.2, 0.25) is 0 Å². The van der Waals surface area contributed by atoms with E-state index in [4.69, 9.17) is 0 Å². The van der Waals surface area contributed by atoms with E-state index in [2.05, 4.69) is 55.0 Å². The summed E-state index contributed by atoms with van der Waals surface area (Å²) < 4.78 is 0. The maximum atomic E-state index is 13.0. The molecule has 0 aliphatic carbocycles. The maximum absolute atomic E-state index is 13.0. The Labute approximate surface area is 139 Å². The lowest BCUT2D eigenvalue weighted by Gasteiger charge is -2.39. The molecule has 1 unspecified atom stereocenters. The maximum Gasteiger partial charge on any atom is 0.321 e. The highest BCUT2D eigenvalue weighted by Crippen LogP contribution is 2.28. The summed E-state index contributed by atoms with van der Waals surface area (Å²) >= 11 is 0. The molecule has 2 aliphatic rings. The molecule has 0 bridgehead atoms. The normalized spacial score (nSPS) is 23.7. The van der Waals surface area contributed by atoms with Crippen molar-refractivity contribution < 1.29 is 4.79 Å². The molecule has 0 aromatic heterocycles. The molecule has 5 nitrogen and oxygen atoms in total. The molecule has 1 aromatic carbocycles. The Kier molecular flexibility index (Phi) is 4.87. The van der Waals surface area contributed by atoms with Crippen molar-refractivity contribution in [3.8, 4) is 0 Å². The molecule has 0 N–H and O–H groups in total. The van der Waals surface area contributed by atoms with Crippen molar-refractivity contribution in [3.63, 3.8) is 0 Å². The predicted molar refractivity (Wildman–Crippen MR) is 92.2 cm³/mol. The molecule has 2 fully saturated rings. The summed E-state index contributed by atoms with van der Waals surface area (Å²) in [5.41, 5.74) is 1.23. The van der Waals surface area contributed by atoms with Gasteiger partial charge in [-0.1, -0.05) is 30.3 Å². The van der Waals surface area contributed by atoms with Crippen LogP contribution in [0.2, 0.25) is 0 Å². The van der Waals surface area contributed by atoms with Crippen LogP contribution in [-0.2, 0) is 0 Å². The van der Waals surface area contributed by atoms with E-state index in [0.29, 0.717) is 12.7 Å². The molecular weight excluding hydrogens is 288 g/mol. The lowest BCUT2D eigenvalue weighted by atomic mass is 10.1. The molecule has 0 radical (unpaired) electrons. The Hall–Kier alpha value is -1.59. The summed E-state index contributed by atoms with van der Waals surface area (Å²) in [6, 6.07) is 11.3. The molecule has 0 spiro atoms. The lowest BCUT2D eigenvalue weighted by molar-refractivity contribution is 0.0946. The Morgan fingerprint density at radius 1 is 1.09 bits per heavy atom. The van der Waals surface area contributed by atoms with Crippen LogP contribution in [0, 0.1) is 0 Å². The topological polar surface area (TPSA) is 30.0 Å². The zero-order valence-electron chi connectivity index (χ0n) is 14.5. The van der Waals surface area contributed by atoms with Crippen molar-refractivity contribution in [1.82, 2.24) is 19.6 Å². The van der Waals surface area contributed by atoms with Crippen molar-refractivity contribution in [1.29, 1.82) is 0 Å². The van der Waals surface area contributed by atoms with Gasteiger partial charge in [0, 0.05) is 38.8 Å². The first-order valence-corrected chi connectivity index (χ1v) is 8.59. The summed E-state index contributed by atoms with van der Waals surface area (Å²) in [4.78, 5) is 21.7. The largest absolute Gasteiger partial charge is 0.322 e. The Morgan fingerprint density at radius 2 is 1.74 bits per heavy atom. The van der Waals surface area contributed by atoms with E-state index in [-0.39, 0.29) is 12.1 Å². The average molecular weight is 316 g/mol. The molecule has 2 saturated heterocycles. The number of rotatable bonds is 2. The first-order valence-electron chi connectivity index (χ1n) is 8.59. The molecular formula is C18H28N4O. The van der Waals surface area contributed by atoms with Crippen molar-refractivity contribution in [2.75, 3.05) is 46.4 Å². The van der Waals surface area contributed by atoms with E-state index in [0.717, 1.165) is 32.7 Å². The summed E-state index contributed by atoms with van der Waals surface area (Å²) in [5, 5.41) is 0. The molecule has 0 saturated carbocycles. The van der Waals surface area contributed by atoms with Gasteiger partial charge < -0.3 is 9.80 Å². The lowest BCUT2D eigenvalue weighted by Crippen LogP contribution is -2.54. The van der Waals surface area contributed by atoms with Crippen LogP contribution >= 0.6 is 0 Å². The number of hydrogen-bond donors (Lipinski definition) is 0. The number of likely N-dealkylation sites (N-methyl/N-ethyl adjacent to an activating group) is 1. The third-order valence-electron chi connectivity index (χ3n) is 5.00. The third-order valence-corrected chi connectivity index (χ3v) is 5.00. The molecule has 2 heterocycles. The van der Waals surface area contributed by atoms with Crippen LogP contribution in [0.25, 0.3) is 0 Å². The van der Waals surface area contributed by atoms with Gasteiger partial charge in [-0.2, -0.15) is 0 Å². The minimum absolute atomic E-state index is 0.164. The summed E-state index contributed by atoms with van der Waals surface area (Å²) in [6.45, 7) is 9.67. The minimum atomic E-state index is 0.164. The van der Waals surface area contributed by atoms with E-state index in [1.807, 2.05) is 15.9 Å². The standard InChI is InChI=1S/C18H28N4O/c1-15(2)20-9-11-21(12-10-20)18(23)22-14-19(3)13-17(22)16-7-5-4-6-8-16/h4-8,15,17H,9-14H2,1-3H3. The van der Waals surface area contributed by atoms with E-state index in [1.165, 1.54) is 5.56 Å². The zero-order chi connectivity index (χ0) is 16.4. The quantitative estimate of drug-likeness (QED) is 0.837. The third kappa shape index (κ3) is 3.51. The second-order valence-electron chi connectivity index (χ2n) is 6.98. The van der Waals surface area contributed by atoms with Gasteiger partial charge in [-0.15, -0.1) is 0 Å². The van der Waals surface area contributed by atoms with E-state index in [9.17, 15) is 4.79 Å². The molecule has 1 atom stereocenters. The van der Waals surface area contributed by atoms with Gasteiger partial charge in [0.1, 0.15) is 0 Å². The highest BCUT2D eigenvalue weighted by atomic mass is 16.2. The highest BCUT2D eigenvalue weighted by Gasteiger charge is 2.36. The fourth-order valence-corrected chi connectivity index (χ4v) is 3.58. The SMILES string of the molecule is CC(C)N1CCN(C(=O)N2CN(C)CC2c2ccccc2)CC1. The van der Waals surface area contributed by atoms with Gasteiger partial charge in [-0.3, -0.25) is 9.80 Å². The zero-order valence-corrected chi connectivity index (χ0v) is 14.5. The Bertz CT molecular complexity index is 525. The number of benzene rings is 1. The van der Waals surface area contributed by atoms with Crippen LogP contribution in [-0.4, -0.2) is 78.1 Å². The van der Waals surface area contributed by atoms with Crippen molar-refractivity contribution >= 4 is 6.03 Å². The number of piperazine rings is 1. The van der Waals surface area contributed by atoms with Crippen molar-refractivity contribution in [3.05, 3.63) is 35.9 Å². The van der Waals surface area contributed by atoms with Gasteiger partial charge in [0.25, 0.3) is 0 Å². The summed E-state index contributed by atoms with van der Waals surface area (Å²) in [6.07, 6.45) is 0. The predicted octanol–water partition coefficient (Wildman–Crippen LogP) is 2.08. The van der Waals surface area contributed by atoms with E-state index in [1.54, 1.807) is 0 Å². The first-order chi connectivity index (χ1) is 11.1. The fourth-order valence-electron chi connectivity index (χ4n) is 3.58. The van der Waals surface area contributed by atoms with Crippen LogP contribution < -0.4 is 0 Å². The average Bonchev–Trinajstić information content (AvgIpc) is 2.97. The molecule has 5 heteroatoms. The van der Waals surface area contributed by atoms with Gasteiger partial charge in [-0.25, -0.2) is 4.79 Å². The fraction of sp³-hybridized carbons (Fsp3) is 0.611. The number of urea groups is 1. The molecule has 2 aliphatic heterocycles. The minimum Gasteiger partial charge on any atom is -0.322 e. The number of amides is 2. The van der Waals surface area contributed by atoms with Gasteiger partial charge in [-0.05, 0) is 26.5 Å². The molecule has 126 valence electrons. The van der Waals surface area contributed by atoms with Crippen molar-refractivity contribution in [2.24, 2.45) is 0 Å².